The van der Waals surface area contributed by atoms with Crippen LogP contribution in [0.2, 0.25) is 0 Å². The van der Waals surface area contributed by atoms with Crippen LogP contribution in [0.3, 0.4) is 0 Å². The molecule has 1 atom stereocenters. The topological polar surface area (TPSA) is 38.7 Å². The lowest BCUT2D eigenvalue weighted by Crippen LogP contribution is -2.25. The van der Waals surface area contributed by atoms with Gasteiger partial charge in [0.25, 0.3) is 0 Å². The molecule has 1 N–H and O–H groups in total. The highest BCUT2D eigenvalue weighted by molar-refractivity contribution is 14.1. The Morgan fingerprint density at radius 3 is 3.00 bits per heavy atom. The molecule has 0 radical (unpaired) electrons. The molecule has 4 heteroatoms. The van der Waals surface area contributed by atoms with Gasteiger partial charge in [0.05, 0.1) is 6.61 Å². The summed E-state index contributed by atoms with van der Waals surface area (Å²) in [6.45, 7) is 0.745. The zero-order valence-electron chi connectivity index (χ0n) is 8.28. The molecule has 1 aromatic carbocycles. The van der Waals surface area contributed by atoms with E-state index < -0.39 is 0 Å². The van der Waals surface area contributed by atoms with Crippen LogP contribution in [0.5, 0.6) is 11.5 Å². The smallest absolute Gasteiger partial charge is 0.200 e. The minimum atomic E-state index is -0.206. The third-order valence-electron chi connectivity index (χ3n) is 2.32. The summed E-state index contributed by atoms with van der Waals surface area (Å²) in [6.07, 6.45) is 2.90. The van der Waals surface area contributed by atoms with Gasteiger partial charge in [-0.1, -0.05) is 0 Å². The molecular formula is C11H13IO3. The molecule has 1 fully saturated rings. The van der Waals surface area contributed by atoms with E-state index in [-0.39, 0.29) is 12.0 Å². The highest BCUT2D eigenvalue weighted by atomic mass is 127. The lowest BCUT2D eigenvalue weighted by atomic mass is 10.2. The Labute approximate surface area is 103 Å². The van der Waals surface area contributed by atoms with E-state index in [1.807, 2.05) is 12.1 Å². The zero-order chi connectivity index (χ0) is 10.7. The minimum Gasteiger partial charge on any atom is -0.504 e. The van der Waals surface area contributed by atoms with Crippen molar-refractivity contribution < 1.29 is 14.6 Å². The molecule has 1 saturated heterocycles. The van der Waals surface area contributed by atoms with Gasteiger partial charge in [0.2, 0.25) is 0 Å². The van der Waals surface area contributed by atoms with Gasteiger partial charge < -0.3 is 14.6 Å². The van der Waals surface area contributed by atoms with Crippen molar-refractivity contribution in [2.75, 3.05) is 6.61 Å². The maximum absolute atomic E-state index is 9.58. The second-order valence-corrected chi connectivity index (χ2v) is 4.77. The number of halogens is 1. The molecule has 0 aromatic heterocycles. The fourth-order valence-electron chi connectivity index (χ4n) is 1.53. The van der Waals surface area contributed by atoms with Crippen molar-refractivity contribution in [2.24, 2.45) is 0 Å². The van der Waals surface area contributed by atoms with Crippen molar-refractivity contribution in [3.05, 3.63) is 21.8 Å². The molecule has 15 heavy (non-hydrogen) atoms. The molecule has 0 aliphatic carbocycles. The Morgan fingerprint density at radius 1 is 1.40 bits per heavy atom. The van der Waals surface area contributed by atoms with E-state index in [1.165, 1.54) is 0 Å². The number of hydrogen-bond donors (Lipinski definition) is 1. The van der Waals surface area contributed by atoms with E-state index in [0.717, 1.165) is 29.4 Å². The highest BCUT2D eigenvalue weighted by Crippen LogP contribution is 2.30. The average molecular weight is 320 g/mol. The number of ether oxygens (including phenoxy) is 2. The van der Waals surface area contributed by atoms with Crippen molar-refractivity contribution in [3.8, 4) is 11.5 Å². The minimum absolute atomic E-state index is 0.171. The Morgan fingerprint density at radius 2 is 2.27 bits per heavy atom. The van der Waals surface area contributed by atoms with Gasteiger partial charge in [0.15, 0.2) is 17.8 Å². The van der Waals surface area contributed by atoms with Gasteiger partial charge in [-0.05, 0) is 53.6 Å². The van der Waals surface area contributed by atoms with Gasteiger partial charge in [-0.2, -0.15) is 0 Å². The first-order valence-corrected chi connectivity index (χ1v) is 6.10. The maximum Gasteiger partial charge on any atom is 0.200 e. The first-order chi connectivity index (χ1) is 7.25. The normalized spacial score (nSPS) is 21.3. The average Bonchev–Trinajstić information content (AvgIpc) is 2.25. The van der Waals surface area contributed by atoms with Crippen LogP contribution in [0.15, 0.2) is 18.2 Å². The second kappa shape index (κ2) is 5.03. The molecular weight excluding hydrogens is 307 g/mol. The summed E-state index contributed by atoms with van der Waals surface area (Å²) in [5.41, 5.74) is 0. The van der Waals surface area contributed by atoms with Crippen LogP contribution >= 0.6 is 22.6 Å². The van der Waals surface area contributed by atoms with E-state index in [9.17, 15) is 5.11 Å². The van der Waals surface area contributed by atoms with Crippen LogP contribution in [0.1, 0.15) is 19.3 Å². The first kappa shape index (κ1) is 11.0. The van der Waals surface area contributed by atoms with Crippen LogP contribution in [0.4, 0.5) is 0 Å². The van der Waals surface area contributed by atoms with Gasteiger partial charge in [-0.15, -0.1) is 0 Å². The molecule has 0 bridgehead atoms. The Balaban J connectivity index is 2.05. The molecule has 0 saturated carbocycles. The van der Waals surface area contributed by atoms with Crippen LogP contribution < -0.4 is 4.74 Å². The van der Waals surface area contributed by atoms with Crippen molar-refractivity contribution in [3.63, 3.8) is 0 Å². The van der Waals surface area contributed by atoms with E-state index in [0.29, 0.717) is 5.75 Å². The van der Waals surface area contributed by atoms with Gasteiger partial charge in [0.1, 0.15) is 0 Å². The molecule has 3 nitrogen and oxygen atoms in total. The summed E-state index contributed by atoms with van der Waals surface area (Å²) in [7, 11) is 0. The highest BCUT2D eigenvalue weighted by Gasteiger charge is 2.16. The van der Waals surface area contributed by atoms with Crippen molar-refractivity contribution in [1.29, 1.82) is 0 Å². The molecule has 2 rings (SSSR count). The predicted molar refractivity (Wildman–Crippen MR) is 65.0 cm³/mol. The van der Waals surface area contributed by atoms with Gasteiger partial charge in [0, 0.05) is 9.99 Å². The summed E-state index contributed by atoms with van der Waals surface area (Å²) in [5.74, 6) is 0.679. The quantitative estimate of drug-likeness (QED) is 0.852. The summed E-state index contributed by atoms with van der Waals surface area (Å²) in [5, 5.41) is 9.58. The first-order valence-electron chi connectivity index (χ1n) is 5.02. The van der Waals surface area contributed by atoms with Crippen LogP contribution in [-0.4, -0.2) is 18.0 Å². The number of hydrogen-bond acceptors (Lipinski definition) is 3. The molecule has 1 aromatic rings. The lowest BCUT2D eigenvalue weighted by Gasteiger charge is -2.23. The van der Waals surface area contributed by atoms with Crippen LogP contribution in [0, 0.1) is 3.57 Å². The van der Waals surface area contributed by atoms with Crippen molar-refractivity contribution >= 4 is 22.6 Å². The molecule has 1 heterocycles. The largest absolute Gasteiger partial charge is 0.504 e. The third kappa shape index (κ3) is 2.98. The Kier molecular flexibility index (Phi) is 3.69. The van der Waals surface area contributed by atoms with Crippen molar-refractivity contribution in [1.82, 2.24) is 0 Å². The molecule has 0 amide bonds. The Hall–Kier alpha value is -0.490. The zero-order valence-corrected chi connectivity index (χ0v) is 10.4. The summed E-state index contributed by atoms with van der Waals surface area (Å²) in [6, 6.07) is 5.29. The van der Waals surface area contributed by atoms with Gasteiger partial charge in [-0.3, -0.25) is 0 Å². The number of aromatic hydroxyl groups is 1. The standard InChI is InChI=1S/C11H13IO3/c12-8-4-5-9(13)10(7-8)15-11-3-1-2-6-14-11/h4-5,7,11,13H,1-3,6H2. The summed E-state index contributed by atoms with van der Waals surface area (Å²) < 4.78 is 12.1. The molecule has 1 unspecified atom stereocenters. The van der Waals surface area contributed by atoms with E-state index in [1.54, 1.807) is 6.07 Å². The fraction of sp³-hybridized carbons (Fsp3) is 0.455. The van der Waals surface area contributed by atoms with E-state index in [4.69, 9.17) is 9.47 Å². The fourth-order valence-corrected chi connectivity index (χ4v) is 1.99. The Bertz CT molecular complexity index is 335. The number of phenols is 1. The second-order valence-electron chi connectivity index (χ2n) is 3.53. The van der Waals surface area contributed by atoms with Gasteiger partial charge in [-0.25, -0.2) is 0 Å². The SMILES string of the molecule is Oc1ccc(I)cc1OC1CCCCO1. The summed E-state index contributed by atoms with van der Waals surface area (Å²) >= 11 is 2.18. The number of benzene rings is 1. The molecule has 82 valence electrons. The predicted octanol–water partition coefficient (Wildman–Crippen LogP) is 2.90. The van der Waals surface area contributed by atoms with Crippen LogP contribution in [-0.2, 0) is 4.74 Å². The molecule has 0 spiro atoms. The number of phenolic OH excluding ortho intramolecular Hbond substituents is 1. The van der Waals surface area contributed by atoms with Crippen LogP contribution in [0.25, 0.3) is 0 Å². The number of rotatable bonds is 2. The summed E-state index contributed by atoms with van der Waals surface area (Å²) in [4.78, 5) is 0. The van der Waals surface area contributed by atoms with E-state index in [2.05, 4.69) is 22.6 Å². The third-order valence-corrected chi connectivity index (χ3v) is 2.99. The van der Waals surface area contributed by atoms with Gasteiger partial charge >= 0.3 is 0 Å². The van der Waals surface area contributed by atoms with E-state index >= 15 is 0 Å². The molecule has 1 aliphatic rings. The maximum atomic E-state index is 9.58. The lowest BCUT2D eigenvalue weighted by molar-refractivity contribution is -0.106. The van der Waals surface area contributed by atoms with Crippen molar-refractivity contribution in [2.45, 2.75) is 25.6 Å². The monoisotopic (exact) mass is 320 g/mol. The molecule has 1 aliphatic heterocycles.